The van der Waals surface area contributed by atoms with E-state index in [4.69, 9.17) is 10.5 Å². The van der Waals surface area contributed by atoms with Gasteiger partial charge in [-0.2, -0.15) is 0 Å². The summed E-state index contributed by atoms with van der Waals surface area (Å²) >= 11 is 0. The van der Waals surface area contributed by atoms with Crippen LogP contribution in [-0.4, -0.2) is 28.3 Å². The lowest BCUT2D eigenvalue weighted by Gasteiger charge is -2.18. The number of nitrogens with zero attached hydrogens (tertiary/aromatic N) is 1. The number of rotatable bonds is 9. The van der Waals surface area contributed by atoms with Crippen LogP contribution in [0.15, 0.2) is 60.8 Å². The maximum absolute atomic E-state index is 9.35. The van der Waals surface area contributed by atoms with E-state index in [-0.39, 0.29) is 6.61 Å². The Morgan fingerprint density at radius 1 is 1.07 bits per heavy atom. The molecule has 2 aromatic carbocycles. The molecular formula is C22H27N3O2. The van der Waals surface area contributed by atoms with E-state index in [1.165, 1.54) is 5.56 Å². The van der Waals surface area contributed by atoms with Crippen LogP contribution in [0.5, 0.6) is 5.75 Å². The summed E-state index contributed by atoms with van der Waals surface area (Å²) in [5.41, 5.74) is 8.37. The van der Waals surface area contributed by atoms with Crippen LogP contribution in [-0.2, 0) is 12.0 Å². The fourth-order valence-corrected chi connectivity index (χ4v) is 2.83. The highest BCUT2D eigenvalue weighted by Gasteiger charge is 2.23. The monoisotopic (exact) mass is 365 g/mol. The number of aliphatic hydroxyl groups is 1. The zero-order valence-electron chi connectivity index (χ0n) is 15.7. The Morgan fingerprint density at radius 2 is 1.81 bits per heavy atom. The molecule has 0 bridgehead atoms. The summed E-state index contributed by atoms with van der Waals surface area (Å²) in [4.78, 5) is 7.46. The smallest absolute Gasteiger partial charge is 0.128 e. The Bertz CT molecular complexity index is 826. The molecule has 0 amide bonds. The Kier molecular flexibility index (Phi) is 6.27. The van der Waals surface area contributed by atoms with E-state index in [2.05, 4.69) is 34.2 Å². The summed E-state index contributed by atoms with van der Waals surface area (Å²) in [5.74, 6) is 1.43. The molecule has 5 heteroatoms. The molecule has 1 atom stereocenters. The fraction of sp³-hybridized carbons (Fsp3) is 0.318. The van der Waals surface area contributed by atoms with Gasteiger partial charge in [0, 0.05) is 0 Å². The molecule has 142 valence electrons. The van der Waals surface area contributed by atoms with Crippen molar-refractivity contribution in [2.45, 2.75) is 31.7 Å². The van der Waals surface area contributed by atoms with Crippen molar-refractivity contribution >= 4 is 0 Å². The number of benzene rings is 2. The molecule has 0 spiro atoms. The number of aryl methyl sites for hydroxylation is 1. The van der Waals surface area contributed by atoms with Crippen molar-refractivity contribution in [2.75, 3.05) is 13.2 Å². The third-order valence-corrected chi connectivity index (χ3v) is 4.58. The average molecular weight is 365 g/mol. The molecule has 0 unspecified atom stereocenters. The third kappa shape index (κ3) is 5.18. The zero-order valence-corrected chi connectivity index (χ0v) is 15.7. The van der Waals surface area contributed by atoms with E-state index in [0.717, 1.165) is 36.3 Å². The molecule has 0 aliphatic rings. The number of nitrogens with two attached hydrogens (primary N) is 1. The summed E-state index contributed by atoms with van der Waals surface area (Å²) in [7, 11) is 0. The van der Waals surface area contributed by atoms with E-state index in [1.54, 1.807) is 13.1 Å². The highest BCUT2D eigenvalue weighted by atomic mass is 16.5. The van der Waals surface area contributed by atoms with Gasteiger partial charge < -0.3 is 20.6 Å². The van der Waals surface area contributed by atoms with E-state index in [0.29, 0.717) is 12.4 Å². The van der Waals surface area contributed by atoms with Crippen molar-refractivity contribution in [3.8, 4) is 17.0 Å². The first kappa shape index (κ1) is 19.1. The predicted molar refractivity (Wildman–Crippen MR) is 108 cm³/mol. The summed E-state index contributed by atoms with van der Waals surface area (Å²) in [5, 5.41) is 9.35. The number of unbranched alkanes of at least 4 members (excludes halogenated alkanes) is 1. The van der Waals surface area contributed by atoms with Crippen LogP contribution >= 0.6 is 0 Å². The van der Waals surface area contributed by atoms with Gasteiger partial charge in [-0.1, -0.05) is 30.3 Å². The maximum atomic E-state index is 9.35. The molecule has 0 aliphatic carbocycles. The first-order chi connectivity index (χ1) is 13.1. The van der Waals surface area contributed by atoms with E-state index < -0.39 is 5.54 Å². The van der Waals surface area contributed by atoms with Gasteiger partial charge in [0.1, 0.15) is 11.6 Å². The first-order valence-electron chi connectivity index (χ1n) is 9.31. The minimum atomic E-state index is -0.874. The molecule has 0 radical (unpaired) electrons. The van der Waals surface area contributed by atoms with Gasteiger partial charge in [-0.15, -0.1) is 0 Å². The van der Waals surface area contributed by atoms with Crippen molar-refractivity contribution in [3.05, 3.63) is 72.2 Å². The number of aliphatic hydroxyl groups excluding tert-OH is 1. The van der Waals surface area contributed by atoms with Crippen LogP contribution in [0.2, 0.25) is 0 Å². The highest BCUT2D eigenvalue weighted by Crippen LogP contribution is 2.23. The third-order valence-electron chi connectivity index (χ3n) is 4.58. The number of aromatic amines is 1. The first-order valence-corrected chi connectivity index (χ1v) is 9.31. The number of H-pyrrole nitrogens is 1. The van der Waals surface area contributed by atoms with Crippen molar-refractivity contribution in [1.29, 1.82) is 0 Å². The lowest BCUT2D eigenvalue weighted by Crippen LogP contribution is -2.38. The molecule has 1 heterocycles. The van der Waals surface area contributed by atoms with Crippen molar-refractivity contribution < 1.29 is 9.84 Å². The Morgan fingerprint density at radius 3 is 2.52 bits per heavy atom. The summed E-state index contributed by atoms with van der Waals surface area (Å²) in [6, 6.07) is 18.4. The minimum Gasteiger partial charge on any atom is -0.494 e. The second kappa shape index (κ2) is 8.84. The molecule has 27 heavy (non-hydrogen) atoms. The molecule has 4 N–H and O–H groups in total. The molecule has 5 nitrogen and oxygen atoms in total. The highest BCUT2D eigenvalue weighted by molar-refractivity contribution is 5.59. The lowest BCUT2D eigenvalue weighted by molar-refractivity contribution is 0.204. The largest absolute Gasteiger partial charge is 0.494 e. The molecule has 0 aliphatic heterocycles. The van der Waals surface area contributed by atoms with Crippen molar-refractivity contribution in [2.24, 2.45) is 5.73 Å². The second-order valence-electron chi connectivity index (χ2n) is 7.04. The van der Waals surface area contributed by atoms with Gasteiger partial charge in [-0.05, 0) is 61.6 Å². The van der Waals surface area contributed by atoms with Gasteiger partial charge in [0.05, 0.1) is 30.6 Å². The van der Waals surface area contributed by atoms with Crippen LogP contribution in [0.1, 0.15) is 31.2 Å². The van der Waals surface area contributed by atoms with Gasteiger partial charge in [-0.25, -0.2) is 4.98 Å². The number of imidazole rings is 1. The number of hydrogen-bond donors (Lipinski definition) is 3. The molecule has 3 rings (SSSR count). The summed E-state index contributed by atoms with van der Waals surface area (Å²) in [6.45, 7) is 2.28. The number of ether oxygens (including phenoxy) is 1. The Hall–Kier alpha value is -2.63. The molecule has 1 aromatic heterocycles. The maximum Gasteiger partial charge on any atom is 0.128 e. The van der Waals surface area contributed by atoms with Crippen LogP contribution in [0.4, 0.5) is 0 Å². The van der Waals surface area contributed by atoms with E-state index in [1.807, 2.05) is 30.3 Å². The number of aromatic nitrogens is 2. The Balaban J connectivity index is 1.47. The summed E-state index contributed by atoms with van der Waals surface area (Å²) < 4.78 is 5.83. The molecule has 3 aromatic rings. The van der Waals surface area contributed by atoms with Gasteiger partial charge >= 0.3 is 0 Å². The minimum absolute atomic E-state index is 0.170. The quantitative estimate of drug-likeness (QED) is 0.506. The normalized spacial score (nSPS) is 13.3. The fourth-order valence-electron chi connectivity index (χ4n) is 2.83. The summed E-state index contributed by atoms with van der Waals surface area (Å²) in [6.07, 6.45) is 4.95. The van der Waals surface area contributed by atoms with Gasteiger partial charge in [0.25, 0.3) is 0 Å². The average Bonchev–Trinajstić information content (AvgIpc) is 3.20. The topological polar surface area (TPSA) is 84.2 Å². The van der Waals surface area contributed by atoms with Gasteiger partial charge in [-0.3, -0.25) is 0 Å². The lowest BCUT2D eigenvalue weighted by atomic mass is 10.1. The standard InChI is InChI=1S/C22H27N3O2/c1-22(23,16-26)21-24-15-20(25-21)18-10-12-19(13-11-18)27-14-6-5-9-17-7-3-2-4-8-17/h2-4,7-8,10-13,15,26H,5-6,9,14,16,23H2,1H3,(H,24,25)/t22-/m0/s1. The van der Waals surface area contributed by atoms with Gasteiger partial charge in [0.2, 0.25) is 0 Å². The SMILES string of the molecule is C[C@](N)(CO)c1ncc(-c2ccc(OCCCCc3ccccc3)cc2)[nH]1. The van der Waals surface area contributed by atoms with Gasteiger partial charge in [0.15, 0.2) is 0 Å². The van der Waals surface area contributed by atoms with Crippen molar-refractivity contribution in [1.82, 2.24) is 9.97 Å². The molecule has 0 saturated heterocycles. The van der Waals surface area contributed by atoms with E-state index >= 15 is 0 Å². The van der Waals surface area contributed by atoms with Crippen molar-refractivity contribution in [3.63, 3.8) is 0 Å². The number of nitrogens with one attached hydrogen (secondary N) is 1. The number of hydrogen-bond acceptors (Lipinski definition) is 4. The van der Waals surface area contributed by atoms with Crippen LogP contribution in [0, 0.1) is 0 Å². The predicted octanol–water partition coefficient (Wildman–Crippen LogP) is 3.64. The van der Waals surface area contributed by atoms with E-state index in [9.17, 15) is 5.11 Å². The molecular weight excluding hydrogens is 338 g/mol. The van der Waals surface area contributed by atoms with Crippen LogP contribution < -0.4 is 10.5 Å². The molecule has 0 fully saturated rings. The molecule has 0 saturated carbocycles. The van der Waals surface area contributed by atoms with Crippen LogP contribution in [0.3, 0.4) is 0 Å². The van der Waals surface area contributed by atoms with Crippen LogP contribution in [0.25, 0.3) is 11.3 Å². The zero-order chi connectivity index (χ0) is 19.1. The second-order valence-corrected chi connectivity index (χ2v) is 7.04. The Labute approximate surface area is 160 Å².